The smallest absolute Gasteiger partial charge is 0.122 e. The topological polar surface area (TPSA) is 48.1 Å². The standard InChI is InChI=1S/C19H20N2OS/c1-2-14-5-3-4-6-18(14)22-12-11-19-21-17(13-23-19)15-7-9-16(20)10-8-15/h3-10,13H,2,11-12,20H2,1H3. The van der Waals surface area contributed by atoms with E-state index in [2.05, 4.69) is 23.4 Å². The number of nitrogens with two attached hydrogens (primary N) is 1. The van der Waals surface area contributed by atoms with Gasteiger partial charge in [-0.25, -0.2) is 4.98 Å². The van der Waals surface area contributed by atoms with E-state index in [0.29, 0.717) is 6.61 Å². The largest absolute Gasteiger partial charge is 0.493 e. The van der Waals surface area contributed by atoms with Gasteiger partial charge in [0, 0.05) is 23.1 Å². The van der Waals surface area contributed by atoms with Crippen molar-refractivity contribution in [2.75, 3.05) is 12.3 Å². The third-order valence-corrected chi connectivity index (χ3v) is 4.59. The van der Waals surface area contributed by atoms with Gasteiger partial charge < -0.3 is 10.5 Å². The molecule has 0 amide bonds. The van der Waals surface area contributed by atoms with Crippen LogP contribution in [0.3, 0.4) is 0 Å². The molecule has 0 aliphatic carbocycles. The van der Waals surface area contributed by atoms with Gasteiger partial charge in [0.1, 0.15) is 5.75 Å². The molecule has 3 aromatic rings. The Morgan fingerprint density at radius 2 is 1.87 bits per heavy atom. The van der Waals surface area contributed by atoms with Crippen molar-refractivity contribution < 1.29 is 4.74 Å². The van der Waals surface area contributed by atoms with E-state index in [-0.39, 0.29) is 0 Å². The van der Waals surface area contributed by atoms with E-state index in [4.69, 9.17) is 10.5 Å². The van der Waals surface area contributed by atoms with Gasteiger partial charge in [0.25, 0.3) is 0 Å². The number of nitrogens with zero attached hydrogens (tertiary/aromatic N) is 1. The van der Waals surface area contributed by atoms with Crippen molar-refractivity contribution in [2.45, 2.75) is 19.8 Å². The fraction of sp³-hybridized carbons (Fsp3) is 0.211. The van der Waals surface area contributed by atoms with Crippen molar-refractivity contribution in [3.05, 3.63) is 64.5 Å². The molecule has 0 fully saturated rings. The van der Waals surface area contributed by atoms with E-state index < -0.39 is 0 Å². The van der Waals surface area contributed by atoms with Crippen molar-refractivity contribution in [3.63, 3.8) is 0 Å². The van der Waals surface area contributed by atoms with Crippen molar-refractivity contribution in [1.82, 2.24) is 4.98 Å². The molecule has 118 valence electrons. The normalized spacial score (nSPS) is 10.7. The summed E-state index contributed by atoms with van der Waals surface area (Å²) < 4.78 is 5.91. The number of hydrogen-bond donors (Lipinski definition) is 1. The number of anilines is 1. The Morgan fingerprint density at radius 1 is 1.09 bits per heavy atom. The lowest BCUT2D eigenvalue weighted by Crippen LogP contribution is -2.03. The highest BCUT2D eigenvalue weighted by Crippen LogP contribution is 2.23. The van der Waals surface area contributed by atoms with Gasteiger partial charge in [0.2, 0.25) is 0 Å². The average Bonchev–Trinajstić information content (AvgIpc) is 3.05. The Labute approximate surface area is 140 Å². The van der Waals surface area contributed by atoms with Crippen molar-refractivity contribution in [2.24, 2.45) is 0 Å². The van der Waals surface area contributed by atoms with E-state index in [1.165, 1.54) is 5.56 Å². The van der Waals surface area contributed by atoms with E-state index in [9.17, 15) is 0 Å². The summed E-state index contributed by atoms with van der Waals surface area (Å²) in [6, 6.07) is 16.0. The molecule has 23 heavy (non-hydrogen) atoms. The maximum atomic E-state index is 5.91. The summed E-state index contributed by atoms with van der Waals surface area (Å²) in [7, 11) is 0. The molecule has 0 bridgehead atoms. The van der Waals surface area contributed by atoms with Gasteiger partial charge >= 0.3 is 0 Å². The van der Waals surface area contributed by atoms with Crippen LogP contribution in [-0.4, -0.2) is 11.6 Å². The van der Waals surface area contributed by atoms with Crippen LogP contribution >= 0.6 is 11.3 Å². The van der Waals surface area contributed by atoms with Crippen LogP contribution in [0.2, 0.25) is 0 Å². The Morgan fingerprint density at radius 3 is 2.65 bits per heavy atom. The number of rotatable bonds is 6. The number of para-hydroxylation sites is 1. The van der Waals surface area contributed by atoms with Crippen LogP contribution < -0.4 is 10.5 Å². The molecule has 0 atom stereocenters. The number of ether oxygens (including phenoxy) is 1. The average molecular weight is 324 g/mol. The minimum absolute atomic E-state index is 0.645. The zero-order chi connectivity index (χ0) is 16.1. The minimum atomic E-state index is 0.645. The van der Waals surface area contributed by atoms with Crippen LogP contribution in [0, 0.1) is 0 Å². The second-order valence-corrected chi connectivity index (χ2v) is 6.25. The number of aryl methyl sites for hydroxylation is 1. The van der Waals surface area contributed by atoms with Gasteiger partial charge in [-0.2, -0.15) is 0 Å². The number of aromatic nitrogens is 1. The van der Waals surface area contributed by atoms with Gasteiger partial charge in [-0.05, 0) is 30.2 Å². The SMILES string of the molecule is CCc1ccccc1OCCc1nc(-c2ccc(N)cc2)cs1. The van der Waals surface area contributed by atoms with Crippen molar-refractivity contribution >= 4 is 17.0 Å². The third-order valence-electron chi connectivity index (χ3n) is 3.69. The molecular formula is C19H20N2OS. The molecule has 0 unspecified atom stereocenters. The quantitative estimate of drug-likeness (QED) is 0.675. The molecule has 0 aliphatic heterocycles. The lowest BCUT2D eigenvalue weighted by atomic mass is 10.1. The second-order valence-electron chi connectivity index (χ2n) is 5.31. The molecule has 4 heteroatoms. The minimum Gasteiger partial charge on any atom is -0.493 e. The maximum Gasteiger partial charge on any atom is 0.122 e. The Bertz CT molecular complexity index is 765. The highest BCUT2D eigenvalue weighted by Gasteiger charge is 2.06. The number of benzene rings is 2. The van der Waals surface area contributed by atoms with Gasteiger partial charge in [-0.3, -0.25) is 0 Å². The van der Waals surface area contributed by atoms with Crippen LogP contribution in [0.4, 0.5) is 5.69 Å². The van der Waals surface area contributed by atoms with Crippen LogP contribution in [0.15, 0.2) is 53.9 Å². The first-order valence-corrected chi connectivity index (χ1v) is 8.65. The maximum absolute atomic E-state index is 5.91. The monoisotopic (exact) mass is 324 g/mol. The summed E-state index contributed by atoms with van der Waals surface area (Å²) in [4.78, 5) is 4.68. The Kier molecular flexibility index (Phi) is 4.93. The Hall–Kier alpha value is -2.33. The zero-order valence-corrected chi connectivity index (χ0v) is 14.0. The third kappa shape index (κ3) is 3.90. The molecule has 2 N–H and O–H groups in total. The summed E-state index contributed by atoms with van der Waals surface area (Å²) in [6.45, 7) is 2.79. The molecule has 0 saturated heterocycles. The first kappa shape index (κ1) is 15.6. The molecule has 0 spiro atoms. The van der Waals surface area contributed by atoms with Crippen LogP contribution in [0.5, 0.6) is 5.75 Å². The van der Waals surface area contributed by atoms with Gasteiger partial charge in [-0.1, -0.05) is 37.3 Å². The van der Waals surface area contributed by atoms with Crippen LogP contribution in [-0.2, 0) is 12.8 Å². The van der Waals surface area contributed by atoms with E-state index in [1.807, 2.05) is 42.5 Å². The summed E-state index contributed by atoms with van der Waals surface area (Å²) in [5.74, 6) is 0.977. The second kappa shape index (κ2) is 7.29. The van der Waals surface area contributed by atoms with Crippen molar-refractivity contribution in [1.29, 1.82) is 0 Å². The van der Waals surface area contributed by atoms with E-state index in [1.54, 1.807) is 11.3 Å². The molecule has 0 radical (unpaired) electrons. The first-order valence-electron chi connectivity index (χ1n) is 7.77. The summed E-state index contributed by atoms with van der Waals surface area (Å²) in [5.41, 5.74) is 9.83. The van der Waals surface area contributed by atoms with Crippen LogP contribution in [0.25, 0.3) is 11.3 Å². The molecule has 3 rings (SSSR count). The predicted octanol–water partition coefficient (Wildman–Crippen LogP) is 4.58. The molecule has 3 nitrogen and oxygen atoms in total. The van der Waals surface area contributed by atoms with Crippen LogP contribution in [0.1, 0.15) is 17.5 Å². The molecular weight excluding hydrogens is 304 g/mol. The highest BCUT2D eigenvalue weighted by molar-refractivity contribution is 7.09. The van der Waals surface area contributed by atoms with Gasteiger partial charge in [-0.15, -0.1) is 11.3 Å². The van der Waals surface area contributed by atoms with E-state index in [0.717, 1.165) is 40.5 Å². The fourth-order valence-electron chi connectivity index (χ4n) is 2.40. The lowest BCUT2D eigenvalue weighted by Gasteiger charge is -2.09. The lowest BCUT2D eigenvalue weighted by molar-refractivity contribution is 0.318. The number of nitrogen functional groups attached to an aromatic ring is 1. The fourth-order valence-corrected chi connectivity index (χ4v) is 3.19. The first-order chi connectivity index (χ1) is 11.3. The number of hydrogen-bond acceptors (Lipinski definition) is 4. The summed E-state index contributed by atoms with van der Waals surface area (Å²) in [5, 5.41) is 3.17. The molecule has 0 aliphatic rings. The molecule has 1 aromatic heterocycles. The van der Waals surface area contributed by atoms with Gasteiger partial charge in [0.05, 0.1) is 17.3 Å². The number of thiazole rings is 1. The summed E-state index contributed by atoms with van der Waals surface area (Å²) in [6.07, 6.45) is 1.80. The molecule has 2 aromatic carbocycles. The van der Waals surface area contributed by atoms with Gasteiger partial charge in [0.15, 0.2) is 0 Å². The Balaban J connectivity index is 1.60. The summed E-state index contributed by atoms with van der Waals surface area (Å²) >= 11 is 1.67. The predicted molar refractivity (Wildman–Crippen MR) is 97.0 cm³/mol. The molecule has 0 saturated carbocycles. The van der Waals surface area contributed by atoms with E-state index >= 15 is 0 Å². The highest BCUT2D eigenvalue weighted by atomic mass is 32.1. The van der Waals surface area contributed by atoms with Crippen molar-refractivity contribution in [3.8, 4) is 17.0 Å². The molecule has 1 heterocycles. The zero-order valence-electron chi connectivity index (χ0n) is 13.2.